The summed E-state index contributed by atoms with van der Waals surface area (Å²) < 4.78 is 22.4. The molecule has 0 aliphatic rings. The number of hydrogen-bond donors (Lipinski definition) is 2. The van der Waals surface area contributed by atoms with E-state index < -0.39 is 10.0 Å². The van der Waals surface area contributed by atoms with Crippen LogP contribution in [0.15, 0.2) is 10.5 Å². The lowest BCUT2D eigenvalue weighted by molar-refractivity contribution is 0.590. The summed E-state index contributed by atoms with van der Waals surface area (Å²) in [4.78, 5) is 2.49. The SMILES string of the molecule is Cc1sc(CNCCCS(N)(=O)=O)cc1Br. The van der Waals surface area contributed by atoms with Crippen LogP contribution in [-0.4, -0.2) is 20.7 Å². The van der Waals surface area contributed by atoms with E-state index in [2.05, 4.69) is 34.2 Å². The van der Waals surface area contributed by atoms with Gasteiger partial charge in [-0.15, -0.1) is 11.3 Å². The topological polar surface area (TPSA) is 72.2 Å². The van der Waals surface area contributed by atoms with Gasteiger partial charge >= 0.3 is 0 Å². The number of nitrogens with one attached hydrogen (secondary N) is 1. The van der Waals surface area contributed by atoms with E-state index in [4.69, 9.17) is 5.14 Å². The molecule has 1 aromatic heterocycles. The molecule has 92 valence electrons. The maximum Gasteiger partial charge on any atom is 0.209 e. The van der Waals surface area contributed by atoms with Gasteiger partial charge in [-0.05, 0) is 41.9 Å². The Bertz CT molecular complexity index is 423. The van der Waals surface area contributed by atoms with Crippen LogP contribution in [0.2, 0.25) is 0 Å². The van der Waals surface area contributed by atoms with Crippen molar-refractivity contribution in [3.63, 3.8) is 0 Å². The zero-order valence-corrected chi connectivity index (χ0v) is 12.2. The van der Waals surface area contributed by atoms with Gasteiger partial charge in [0.25, 0.3) is 0 Å². The van der Waals surface area contributed by atoms with E-state index in [1.807, 2.05) is 0 Å². The third kappa shape index (κ3) is 5.40. The second kappa shape index (κ2) is 6.11. The van der Waals surface area contributed by atoms with Crippen molar-refractivity contribution in [1.82, 2.24) is 5.32 Å². The van der Waals surface area contributed by atoms with Crippen LogP contribution in [0.3, 0.4) is 0 Å². The molecule has 0 aliphatic heterocycles. The Hall–Kier alpha value is 0.0500. The average Bonchev–Trinajstić information content (AvgIpc) is 2.44. The summed E-state index contributed by atoms with van der Waals surface area (Å²) in [6, 6.07) is 2.08. The molecule has 16 heavy (non-hydrogen) atoms. The number of sulfonamides is 1. The van der Waals surface area contributed by atoms with Crippen molar-refractivity contribution >= 4 is 37.3 Å². The van der Waals surface area contributed by atoms with Gasteiger partial charge in [-0.1, -0.05) is 0 Å². The Labute approximate surface area is 108 Å². The minimum Gasteiger partial charge on any atom is -0.312 e. The Kier molecular flexibility index (Phi) is 5.39. The zero-order chi connectivity index (χ0) is 12.2. The fraction of sp³-hybridized carbons (Fsp3) is 0.556. The van der Waals surface area contributed by atoms with Crippen molar-refractivity contribution in [3.8, 4) is 0 Å². The zero-order valence-electron chi connectivity index (χ0n) is 8.99. The lowest BCUT2D eigenvalue weighted by Gasteiger charge is -2.01. The molecule has 0 atom stereocenters. The molecule has 7 heteroatoms. The molecule has 4 nitrogen and oxygen atoms in total. The average molecular weight is 327 g/mol. The lowest BCUT2D eigenvalue weighted by atomic mass is 10.4. The number of rotatable bonds is 6. The molecule has 1 aromatic rings. The van der Waals surface area contributed by atoms with Gasteiger partial charge in [0, 0.05) is 20.8 Å². The number of hydrogen-bond acceptors (Lipinski definition) is 4. The molecule has 0 saturated carbocycles. The first-order valence-electron chi connectivity index (χ1n) is 4.84. The summed E-state index contributed by atoms with van der Waals surface area (Å²) in [6.07, 6.45) is 0.546. The standard InChI is InChI=1S/C9H15BrN2O2S2/c1-7-9(10)5-8(15-7)6-12-3-2-4-16(11,13)14/h5,12H,2-4,6H2,1H3,(H2,11,13,14). The number of aryl methyl sites for hydroxylation is 1. The molecule has 3 N–H and O–H groups in total. The second-order valence-corrected chi connectivity index (χ2v) is 7.44. The molecule has 0 saturated heterocycles. The Morgan fingerprint density at radius 3 is 2.75 bits per heavy atom. The van der Waals surface area contributed by atoms with E-state index in [-0.39, 0.29) is 5.75 Å². The fourth-order valence-corrected chi connectivity index (χ4v) is 3.33. The third-order valence-corrected chi connectivity index (χ3v) is 4.98. The summed E-state index contributed by atoms with van der Waals surface area (Å²) >= 11 is 5.18. The highest BCUT2D eigenvalue weighted by Gasteiger charge is 2.03. The molecule has 0 amide bonds. The van der Waals surface area contributed by atoms with Gasteiger partial charge in [-0.2, -0.15) is 0 Å². The monoisotopic (exact) mass is 326 g/mol. The van der Waals surface area contributed by atoms with Crippen molar-refractivity contribution in [3.05, 3.63) is 20.3 Å². The van der Waals surface area contributed by atoms with Gasteiger partial charge in [-0.3, -0.25) is 0 Å². The van der Waals surface area contributed by atoms with Gasteiger partial charge in [-0.25, -0.2) is 13.6 Å². The van der Waals surface area contributed by atoms with Crippen LogP contribution in [0.1, 0.15) is 16.2 Å². The molecule has 1 rings (SSSR count). The van der Waals surface area contributed by atoms with E-state index in [0.717, 1.165) is 11.0 Å². The Morgan fingerprint density at radius 2 is 2.25 bits per heavy atom. The van der Waals surface area contributed by atoms with Crippen LogP contribution in [-0.2, 0) is 16.6 Å². The fourth-order valence-electron chi connectivity index (χ4n) is 1.21. The van der Waals surface area contributed by atoms with E-state index in [1.165, 1.54) is 9.75 Å². The predicted octanol–water partition coefficient (Wildman–Crippen LogP) is 1.59. The lowest BCUT2D eigenvalue weighted by Crippen LogP contribution is -2.21. The first-order chi connectivity index (χ1) is 7.38. The minimum absolute atomic E-state index is 0.0349. The Morgan fingerprint density at radius 1 is 1.56 bits per heavy atom. The molecule has 0 spiro atoms. The summed E-state index contributed by atoms with van der Waals surface area (Å²) in [7, 11) is -3.32. The minimum atomic E-state index is -3.32. The molecular weight excluding hydrogens is 312 g/mol. The molecule has 0 fully saturated rings. The van der Waals surface area contributed by atoms with E-state index in [0.29, 0.717) is 13.0 Å². The van der Waals surface area contributed by atoms with E-state index in [1.54, 1.807) is 11.3 Å². The van der Waals surface area contributed by atoms with Crippen LogP contribution in [0.4, 0.5) is 0 Å². The third-order valence-electron chi connectivity index (χ3n) is 1.99. The number of halogens is 1. The molecular formula is C9H15BrN2O2S2. The van der Waals surface area contributed by atoms with Crippen molar-refractivity contribution in [2.45, 2.75) is 19.9 Å². The van der Waals surface area contributed by atoms with Crippen LogP contribution in [0, 0.1) is 6.92 Å². The first-order valence-corrected chi connectivity index (χ1v) is 8.17. The maximum atomic E-state index is 10.7. The van der Waals surface area contributed by atoms with Crippen molar-refractivity contribution < 1.29 is 8.42 Å². The van der Waals surface area contributed by atoms with Gasteiger partial charge in [0.2, 0.25) is 10.0 Å². The highest BCUT2D eigenvalue weighted by Crippen LogP contribution is 2.25. The number of thiophene rings is 1. The van der Waals surface area contributed by atoms with Gasteiger partial charge in [0.15, 0.2) is 0 Å². The van der Waals surface area contributed by atoms with E-state index >= 15 is 0 Å². The largest absolute Gasteiger partial charge is 0.312 e. The summed E-state index contributed by atoms with van der Waals surface area (Å²) in [5.74, 6) is 0.0349. The number of primary sulfonamides is 1. The van der Waals surface area contributed by atoms with Crippen molar-refractivity contribution in [2.24, 2.45) is 5.14 Å². The summed E-state index contributed by atoms with van der Waals surface area (Å²) in [5, 5.41) is 8.08. The van der Waals surface area contributed by atoms with Gasteiger partial charge in [0.05, 0.1) is 5.75 Å². The number of nitrogens with two attached hydrogens (primary N) is 1. The van der Waals surface area contributed by atoms with Crippen LogP contribution < -0.4 is 10.5 Å². The van der Waals surface area contributed by atoms with Crippen LogP contribution >= 0.6 is 27.3 Å². The molecule has 0 aliphatic carbocycles. The van der Waals surface area contributed by atoms with Crippen molar-refractivity contribution in [1.29, 1.82) is 0 Å². The van der Waals surface area contributed by atoms with E-state index in [9.17, 15) is 8.42 Å². The van der Waals surface area contributed by atoms with Crippen LogP contribution in [0.5, 0.6) is 0 Å². The first kappa shape index (κ1) is 14.1. The second-order valence-electron chi connectivity index (χ2n) is 3.51. The molecule has 0 radical (unpaired) electrons. The smallest absolute Gasteiger partial charge is 0.209 e. The normalized spacial score (nSPS) is 11.9. The summed E-state index contributed by atoms with van der Waals surface area (Å²) in [6.45, 7) is 3.48. The quantitative estimate of drug-likeness (QED) is 0.780. The predicted molar refractivity (Wildman–Crippen MR) is 71.1 cm³/mol. The molecule has 0 unspecified atom stereocenters. The highest BCUT2D eigenvalue weighted by molar-refractivity contribution is 9.10. The summed E-state index contributed by atoms with van der Waals surface area (Å²) in [5.41, 5.74) is 0. The van der Waals surface area contributed by atoms with Crippen molar-refractivity contribution in [2.75, 3.05) is 12.3 Å². The van der Waals surface area contributed by atoms with Gasteiger partial charge < -0.3 is 5.32 Å². The van der Waals surface area contributed by atoms with Crippen LogP contribution in [0.25, 0.3) is 0 Å². The van der Waals surface area contributed by atoms with Gasteiger partial charge in [0.1, 0.15) is 0 Å². The maximum absolute atomic E-state index is 10.7. The molecule has 0 aromatic carbocycles. The molecule has 0 bridgehead atoms. The highest BCUT2D eigenvalue weighted by atomic mass is 79.9. The Balaban J connectivity index is 2.21. The molecule has 1 heterocycles.